The highest BCUT2D eigenvalue weighted by Gasteiger charge is 2.26. The minimum Gasteiger partial charge on any atom is -0.480 e. The van der Waals surface area contributed by atoms with E-state index in [1.807, 2.05) is 13.8 Å². The van der Waals surface area contributed by atoms with E-state index < -0.39 is 18.1 Å². The topological polar surface area (TPSA) is 95.9 Å². The summed E-state index contributed by atoms with van der Waals surface area (Å²) < 4.78 is 4.87. The maximum absolute atomic E-state index is 11.8. The SMILES string of the molecule is C=CCOC(=O)N1C=C(NC(CC(C)C)C(=O)O)CC(=O)C1. The van der Waals surface area contributed by atoms with Gasteiger partial charge in [0.25, 0.3) is 0 Å². The van der Waals surface area contributed by atoms with E-state index in [-0.39, 0.29) is 31.3 Å². The van der Waals surface area contributed by atoms with Crippen LogP contribution in [0.25, 0.3) is 0 Å². The highest BCUT2D eigenvalue weighted by Crippen LogP contribution is 2.14. The molecule has 1 rings (SSSR count). The minimum atomic E-state index is -0.992. The molecular formula is C15H22N2O5. The second-order valence-corrected chi connectivity index (χ2v) is 5.53. The molecule has 0 spiro atoms. The number of aliphatic carboxylic acids is 1. The van der Waals surface area contributed by atoms with Crippen LogP contribution < -0.4 is 5.32 Å². The number of ether oxygens (including phenoxy) is 1. The molecule has 22 heavy (non-hydrogen) atoms. The number of hydrogen-bond acceptors (Lipinski definition) is 5. The number of hydrogen-bond donors (Lipinski definition) is 2. The first-order valence-electron chi connectivity index (χ1n) is 7.09. The molecule has 0 bridgehead atoms. The summed E-state index contributed by atoms with van der Waals surface area (Å²) in [5.41, 5.74) is 0.403. The standard InChI is InChI=1S/C15H22N2O5/c1-4-5-22-15(21)17-8-11(7-12(18)9-17)16-13(14(19)20)6-10(2)3/h4,8,10,13,16H,1,5-7,9H2,2-3H3,(H,19,20). The van der Waals surface area contributed by atoms with Crippen LogP contribution in [-0.2, 0) is 14.3 Å². The van der Waals surface area contributed by atoms with E-state index in [1.165, 1.54) is 12.3 Å². The fraction of sp³-hybridized carbons (Fsp3) is 0.533. The number of carboxylic acids is 1. The summed E-state index contributed by atoms with van der Waals surface area (Å²) in [6.07, 6.45) is 2.69. The van der Waals surface area contributed by atoms with Gasteiger partial charge in [-0.05, 0) is 12.3 Å². The molecule has 0 radical (unpaired) electrons. The Morgan fingerprint density at radius 3 is 2.77 bits per heavy atom. The first kappa shape index (κ1) is 17.7. The number of nitrogens with zero attached hydrogens (tertiary/aromatic N) is 1. The van der Waals surface area contributed by atoms with Gasteiger partial charge >= 0.3 is 12.1 Å². The van der Waals surface area contributed by atoms with Gasteiger partial charge in [-0.1, -0.05) is 26.5 Å². The molecule has 0 saturated carbocycles. The first-order valence-corrected chi connectivity index (χ1v) is 7.09. The Hall–Kier alpha value is -2.31. The fourth-order valence-electron chi connectivity index (χ4n) is 2.07. The quantitative estimate of drug-likeness (QED) is 0.692. The summed E-state index contributed by atoms with van der Waals surface area (Å²) in [7, 11) is 0. The van der Waals surface area contributed by atoms with Crippen molar-refractivity contribution in [3.63, 3.8) is 0 Å². The van der Waals surface area contributed by atoms with Gasteiger partial charge in [0.1, 0.15) is 12.6 Å². The van der Waals surface area contributed by atoms with Crippen LogP contribution >= 0.6 is 0 Å². The molecule has 0 saturated heterocycles. The van der Waals surface area contributed by atoms with Gasteiger partial charge in [0, 0.05) is 18.3 Å². The molecule has 7 nitrogen and oxygen atoms in total. The maximum Gasteiger partial charge on any atom is 0.414 e. The van der Waals surface area contributed by atoms with Crippen LogP contribution in [0.3, 0.4) is 0 Å². The summed E-state index contributed by atoms with van der Waals surface area (Å²) >= 11 is 0. The smallest absolute Gasteiger partial charge is 0.414 e. The highest BCUT2D eigenvalue weighted by atomic mass is 16.6. The molecule has 0 aromatic heterocycles. The zero-order valence-corrected chi connectivity index (χ0v) is 12.9. The summed E-state index contributed by atoms with van der Waals surface area (Å²) in [4.78, 5) is 35.9. The second kappa shape index (κ2) is 8.21. The zero-order valence-electron chi connectivity index (χ0n) is 12.9. The zero-order chi connectivity index (χ0) is 16.7. The summed E-state index contributed by atoms with van der Waals surface area (Å²) in [6, 6.07) is -0.803. The number of ketones is 1. The van der Waals surface area contributed by atoms with Crippen molar-refractivity contribution < 1.29 is 24.2 Å². The van der Waals surface area contributed by atoms with Crippen LogP contribution in [0.4, 0.5) is 4.79 Å². The largest absolute Gasteiger partial charge is 0.480 e. The molecule has 1 unspecified atom stereocenters. The molecule has 0 aromatic rings. The number of nitrogens with one attached hydrogen (secondary N) is 1. The van der Waals surface area contributed by atoms with Crippen molar-refractivity contribution in [3.05, 3.63) is 24.6 Å². The third kappa shape index (κ3) is 5.59. The number of amides is 1. The Balaban J connectivity index is 2.79. The fourth-order valence-corrected chi connectivity index (χ4v) is 2.07. The van der Waals surface area contributed by atoms with Gasteiger partial charge in [0.2, 0.25) is 0 Å². The molecule has 2 N–H and O–H groups in total. The molecule has 7 heteroatoms. The van der Waals surface area contributed by atoms with Gasteiger partial charge < -0.3 is 15.2 Å². The van der Waals surface area contributed by atoms with Crippen molar-refractivity contribution in [1.82, 2.24) is 10.2 Å². The third-order valence-electron chi connectivity index (χ3n) is 2.97. The first-order chi connectivity index (χ1) is 10.3. The Morgan fingerprint density at radius 1 is 1.55 bits per heavy atom. The highest BCUT2D eigenvalue weighted by molar-refractivity contribution is 5.88. The van der Waals surface area contributed by atoms with E-state index in [2.05, 4.69) is 11.9 Å². The molecular weight excluding hydrogens is 288 g/mol. The van der Waals surface area contributed by atoms with Crippen molar-refractivity contribution >= 4 is 17.8 Å². The Kier molecular flexibility index (Phi) is 6.62. The number of allylic oxidation sites excluding steroid dienone is 1. The number of carbonyl (C=O) groups is 3. The second-order valence-electron chi connectivity index (χ2n) is 5.53. The minimum absolute atomic E-state index is 0.0469. The Labute approximate surface area is 129 Å². The normalized spacial score (nSPS) is 16.0. The number of rotatable bonds is 7. The van der Waals surface area contributed by atoms with E-state index in [0.29, 0.717) is 12.1 Å². The summed E-state index contributed by atoms with van der Waals surface area (Å²) in [5, 5.41) is 12.0. The third-order valence-corrected chi connectivity index (χ3v) is 2.97. The summed E-state index contributed by atoms with van der Waals surface area (Å²) in [5.74, 6) is -0.996. The summed E-state index contributed by atoms with van der Waals surface area (Å²) in [6.45, 7) is 7.23. The molecule has 0 fully saturated rings. The predicted molar refractivity (Wildman–Crippen MR) is 80.0 cm³/mol. The molecule has 1 aliphatic heterocycles. The van der Waals surface area contributed by atoms with Crippen LogP contribution in [0.15, 0.2) is 24.6 Å². The van der Waals surface area contributed by atoms with E-state index in [1.54, 1.807) is 0 Å². The van der Waals surface area contributed by atoms with Crippen molar-refractivity contribution in [2.45, 2.75) is 32.7 Å². The molecule has 0 aromatic carbocycles. The lowest BCUT2D eigenvalue weighted by Gasteiger charge is -2.26. The van der Waals surface area contributed by atoms with Crippen molar-refractivity contribution in [2.24, 2.45) is 5.92 Å². The van der Waals surface area contributed by atoms with Crippen molar-refractivity contribution in [2.75, 3.05) is 13.2 Å². The number of carboxylic acid groups (broad SMARTS) is 1. The van der Waals surface area contributed by atoms with E-state index in [9.17, 15) is 19.5 Å². The van der Waals surface area contributed by atoms with E-state index in [0.717, 1.165) is 4.90 Å². The molecule has 1 atom stereocenters. The van der Waals surface area contributed by atoms with Crippen LogP contribution in [0.1, 0.15) is 26.7 Å². The molecule has 1 amide bonds. The van der Waals surface area contributed by atoms with Crippen molar-refractivity contribution in [3.8, 4) is 0 Å². The monoisotopic (exact) mass is 310 g/mol. The van der Waals surface area contributed by atoms with Crippen LogP contribution in [0, 0.1) is 5.92 Å². The lowest BCUT2D eigenvalue weighted by Crippen LogP contribution is -2.42. The van der Waals surface area contributed by atoms with Crippen molar-refractivity contribution in [1.29, 1.82) is 0 Å². The average Bonchev–Trinajstić information content (AvgIpc) is 2.42. The Bertz CT molecular complexity index is 484. The van der Waals surface area contributed by atoms with Crippen LogP contribution in [-0.4, -0.2) is 47.0 Å². The molecule has 122 valence electrons. The lowest BCUT2D eigenvalue weighted by atomic mass is 10.0. The molecule has 1 heterocycles. The van der Waals surface area contributed by atoms with E-state index >= 15 is 0 Å². The lowest BCUT2D eigenvalue weighted by molar-refractivity contribution is -0.139. The Morgan fingerprint density at radius 2 is 2.23 bits per heavy atom. The van der Waals surface area contributed by atoms with Gasteiger partial charge in [-0.3, -0.25) is 9.69 Å². The van der Waals surface area contributed by atoms with Crippen LogP contribution in [0.2, 0.25) is 0 Å². The molecule has 1 aliphatic rings. The molecule has 0 aliphatic carbocycles. The van der Waals surface area contributed by atoms with Gasteiger partial charge in [0.15, 0.2) is 5.78 Å². The van der Waals surface area contributed by atoms with Gasteiger partial charge in [0.05, 0.1) is 6.54 Å². The van der Waals surface area contributed by atoms with Gasteiger partial charge in [-0.15, -0.1) is 0 Å². The number of carbonyl (C=O) groups excluding carboxylic acids is 2. The predicted octanol–water partition coefficient (Wildman–Crippen LogP) is 1.51. The van der Waals surface area contributed by atoms with E-state index in [4.69, 9.17) is 4.74 Å². The average molecular weight is 310 g/mol. The maximum atomic E-state index is 11.8. The van der Waals surface area contributed by atoms with Crippen LogP contribution in [0.5, 0.6) is 0 Å². The number of Topliss-reactive ketones (excluding diaryl/α,β-unsaturated/α-hetero) is 1. The van der Waals surface area contributed by atoms with Gasteiger partial charge in [-0.25, -0.2) is 9.59 Å². The van der Waals surface area contributed by atoms with Gasteiger partial charge in [-0.2, -0.15) is 0 Å².